The molecule has 4 heteroatoms. The van der Waals surface area contributed by atoms with Gasteiger partial charge >= 0.3 is 0 Å². The topological polar surface area (TPSA) is 47.7 Å². The first kappa shape index (κ1) is 21.4. The summed E-state index contributed by atoms with van der Waals surface area (Å²) in [6.45, 7) is 5.26. The predicted molar refractivity (Wildman–Crippen MR) is 127 cm³/mol. The van der Waals surface area contributed by atoms with Crippen LogP contribution in [0.1, 0.15) is 24.0 Å². The van der Waals surface area contributed by atoms with E-state index in [1.54, 1.807) is 0 Å². The van der Waals surface area contributed by atoms with Gasteiger partial charge in [-0.15, -0.1) is 0 Å². The maximum absolute atomic E-state index is 5.94. The van der Waals surface area contributed by atoms with Crippen molar-refractivity contribution in [1.82, 2.24) is 4.90 Å². The number of nitrogens with zero attached hydrogens (tertiary/aromatic N) is 1. The highest BCUT2D eigenvalue weighted by Crippen LogP contribution is 2.28. The first-order valence-corrected chi connectivity index (χ1v) is 11.3. The van der Waals surface area contributed by atoms with Crippen LogP contribution in [0.2, 0.25) is 0 Å². The Bertz CT molecular complexity index is 932. The second kappa shape index (κ2) is 11.0. The molecule has 0 bridgehead atoms. The van der Waals surface area contributed by atoms with Crippen molar-refractivity contribution in [3.05, 3.63) is 83.9 Å². The molecule has 0 amide bonds. The number of nitrogens with two attached hydrogens (primary N) is 1. The Kier molecular flexibility index (Phi) is 7.59. The highest BCUT2D eigenvalue weighted by molar-refractivity contribution is 5.68. The molecule has 0 aromatic heterocycles. The van der Waals surface area contributed by atoms with E-state index in [1.807, 2.05) is 12.1 Å². The van der Waals surface area contributed by atoms with E-state index < -0.39 is 0 Å². The Labute approximate surface area is 185 Å². The lowest BCUT2D eigenvalue weighted by Gasteiger charge is -2.15. The Morgan fingerprint density at radius 2 is 1.39 bits per heavy atom. The molecule has 162 valence electrons. The van der Waals surface area contributed by atoms with E-state index in [0.29, 0.717) is 13.2 Å². The minimum atomic E-state index is 0.521. The number of benzene rings is 3. The van der Waals surface area contributed by atoms with Crippen LogP contribution in [0.25, 0.3) is 11.1 Å². The Hall–Kier alpha value is -2.82. The lowest BCUT2D eigenvalue weighted by molar-refractivity contribution is 0.238. The van der Waals surface area contributed by atoms with Crippen LogP contribution >= 0.6 is 0 Å². The zero-order valence-electron chi connectivity index (χ0n) is 18.1. The molecule has 0 spiro atoms. The van der Waals surface area contributed by atoms with Crippen molar-refractivity contribution in [2.45, 2.75) is 19.3 Å². The molecule has 1 heterocycles. The van der Waals surface area contributed by atoms with Gasteiger partial charge in [-0.05, 0) is 78.9 Å². The highest BCUT2D eigenvalue weighted by Gasteiger charge is 2.11. The molecule has 0 unspecified atom stereocenters. The van der Waals surface area contributed by atoms with Gasteiger partial charge in [0.25, 0.3) is 0 Å². The molecule has 1 fully saturated rings. The van der Waals surface area contributed by atoms with E-state index >= 15 is 0 Å². The maximum atomic E-state index is 5.94. The van der Waals surface area contributed by atoms with Crippen LogP contribution in [0.3, 0.4) is 0 Å². The Morgan fingerprint density at radius 3 is 2.10 bits per heavy atom. The smallest absolute Gasteiger partial charge is 0.119 e. The summed E-state index contributed by atoms with van der Waals surface area (Å²) in [5, 5.41) is 0. The zero-order chi connectivity index (χ0) is 21.3. The summed E-state index contributed by atoms with van der Waals surface area (Å²) in [6, 6.07) is 25.3. The summed E-state index contributed by atoms with van der Waals surface area (Å²) in [6.07, 6.45) is 3.53. The van der Waals surface area contributed by atoms with Gasteiger partial charge in [0.05, 0.1) is 0 Å². The summed E-state index contributed by atoms with van der Waals surface area (Å²) < 4.78 is 11.5. The molecular weight excluding hydrogens is 384 g/mol. The van der Waals surface area contributed by atoms with E-state index in [2.05, 4.69) is 65.6 Å². The van der Waals surface area contributed by atoms with Crippen molar-refractivity contribution in [2.24, 2.45) is 5.73 Å². The van der Waals surface area contributed by atoms with Crippen LogP contribution in [0.4, 0.5) is 0 Å². The number of likely N-dealkylation sites (tertiary alicyclic amines) is 1. The van der Waals surface area contributed by atoms with E-state index in [-0.39, 0.29) is 0 Å². The quantitative estimate of drug-likeness (QED) is 0.518. The molecule has 2 N–H and O–H groups in total. The minimum Gasteiger partial charge on any atom is -0.492 e. The molecule has 0 aliphatic carbocycles. The second-order valence-electron chi connectivity index (χ2n) is 8.04. The summed E-state index contributed by atoms with van der Waals surface area (Å²) in [5.41, 5.74) is 10.5. The van der Waals surface area contributed by atoms with E-state index in [4.69, 9.17) is 15.2 Å². The van der Waals surface area contributed by atoms with Crippen LogP contribution in [0.15, 0.2) is 72.8 Å². The van der Waals surface area contributed by atoms with Crippen LogP contribution < -0.4 is 15.2 Å². The fourth-order valence-corrected chi connectivity index (χ4v) is 4.09. The molecule has 1 aliphatic heterocycles. The van der Waals surface area contributed by atoms with Crippen molar-refractivity contribution in [3.63, 3.8) is 0 Å². The molecule has 0 saturated carbocycles. The number of hydrogen-bond acceptors (Lipinski definition) is 4. The fraction of sp³-hybridized carbons (Fsp3) is 0.333. The monoisotopic (exact) mass is 416 g/mol. The Morgan fingerprint density at radius 1 is 0.742 bits per heavy atom. The molecule has 0 atom stereocenters. The second-order valence-corrected chi connectivity index (χ2v) is 8.04. The molecule has 1 saturated heterocycles. The molecule has 4 nitrogen and oxygen atoms in total. The van der Waals surface area contributed by atoms with Gasteiger partial charge in [0.1, 0.15) is 24.7 Å². The first-order chi connectivity index (χ1) is 15.3. The van der Waals surface area contributed by atoms with Crippen molar-refractivity contribution in [2.75, 3.05) is 39.4 Å². The van der Waals surface area contributed by atoms with Crippen LogP contribution in [0.5, 0.6) is 11.5 Å². The normalized spacial score (nSPS) is 14.0. The van der Waals surface area contributed by atoms with Gasteiger partial charge in [-0.2, -0.15) is 0 Å². The van der Waals surface area contributed by atoms with Crippen LogP contribution in [-0.4, -0.2) is 44.3 Å². The van der Waals surface area contributed by atoms with Gasteiger partial charge in [-0.1, -0.05) is 48.5 Å². The van der Waals surface area contributed by atoms with Gasteiger partial charge in [-0.25, -0.2) is 0 Å². The standard InChI is InChI=1S/C27H32N2O2/c28-15-19-30-26-13-9-23(10-14-26)27-6-2-1-5-24(27)21-22-7-11-25(12-8-22)31-20-18-29-16-3-4-17-29/h1-2,5-14H,3-4,15-21,28H2. The van der Waals surface area contributed by atoms with Gasteiger partial charge in [0.15, 0.2) is 0 Å². The van der Waals surface area contributed by atoms with Gasteiger partial charge < -0.3 is 15.2 Å². The largest absolute Gasteiger partial charge is 0.492 e. The van der Waals surface area contributed by atoms with Crippen molar-refractivity contribution >= 4 is 0 Å². The van der Waals surface area contributed by atoms with Crippen molar-refractivity contribution < 1.29 is 9.47 Å². The van der Waals surface area contributed by atoms with Crippen LogP contribution in [0, 0.1) is 0 Å². The lowest BCUT2D eigenvalue weighted by Crippen LogP contribution is -2.25. The molecule has 0 radical (unpaired) electrons. The number of ether oxygens (including phenoxy) is 2. The number of rotatable bonds is 10. The van der Waals surface area contributed by atoms with E-state index in [0.717, 1.165) is 31.1 Å². The SMILES string of the molecule is NCCOc1ccc(-c2ccccc2Cc2ccc(OCCN3CCCC3)cc2)cc1. The van der Waals surface area contributed by atoms with Gasteiger partial charge in [-0.3, -0.25) is 4.90 Å². The third-order valence-electron chi connectivity index (χ3n) is 5.76. The fourth-order valence-electron chi connectivity index (χ4n) is 4.09. The maximum Gasteiger partial charge on any atom is 0.119 e. The van der Waals surface area contributed by atoms with E-state index in [9.17, 15) is 0 Å². The third-order valence-corrected chi connectivity index (χ3v) is 5.76. The average molecular weight is 417 g/mol. The van der Waals surface area contributed by atoms with Crippen LogP contribution in [-0.2, 0) is 6.42 Å². The minimum absolute atomic E-state index is 0.521. The molecule has 3 aromatic carbocycles. The zero-order valence-corrected chi connectivity index (χ0v) is 18.1. The number of hydrogen-bond donors (Lipinski definition) is 1. The first-order valence-electron chi connectivity index (χ1n) is 11.3. The van der Waals surface area contributed by atoms with E-state index in [1.165, 1.54) is 48.2 Å². The predicted octanol–water partition coefficient (Wildman–Crippen LogP) is 4.76. The summed E-state index contributed by atoms with van der Waals surface area (Å²) >= 11 is 0. The average Bonchev–Trinajstić information content (AvgIpc) is 3.33. The summed E-state index contributed by atoms with van der Waals surface area (Å²) in [4.78, 5) is 2.47. The highest BCUT2D eigenvalue weighted by atomic mass is 16.5. The van der Waals surface area contributed by atoms with Gasteiger partial charge in [0.2, 0.25) is 0 Å². The Balaban J connectivity index is 1.38. The van der Waals surface area contributed by atoms with Gasteiger partial charge in [0, 0.05) is 13.1 Å². The third kappa shape index (κ3) is 6.09. The molecule has 31 heavy (non-hydrogen) atoms. The molecule has 3 aromatic rings. The molecule has 4 rings (SSSR count). The summed E-state index contributed by atoms with van der Waals surface area (Å²) in [7, 11) is 0. The lowest BCUT2D eigenvalue weighted by atomic mass is 9.95. The summed E-state index contributed by atoms with van der Waals surface area (Å²) in [5.74, 6) is 1.80. The van der Waals surface area contributed by atoms with Crippen molar-refractivity contribution in [1.29, 1.82) is 0 Å². The molecular formula is C27H32N2O2. The molecule has 1 aliphatic rings. The van der Waals surface area contributed by atoms with Crippen molar-refractivity contribution in [3.8, 4) is 22.6 Å².